The number of benzene rings is 1. The molecule has 0 saturated heterocycles. The van der Waals surface area contributed by atoms with Gasteiger partial charge < -0.3 is 15.4 Å². The molecule has 2 amide bonds. The highest BCUT2D eigenvalue weighted by atomic mass is 32.2. The smallest absolute Gasteiger partial charge is 0.257 e. The molecule has 1 aliphatic carbocycles. The van der Waals surface area contributed by atoms with Gasteiger partial charge in [-0.25, -0.2) is 4.98 Å². The minimum atomic E-state index is -1.08. The van der Waals surface area contributed by atoms with Crippen LogP contribution in [0.25, 0.3) is 0 Å². The van der Waals surface area contributed by atoms with Gasteiger partial charge in [0.1, 0.15) is 11.3 Å². The highest BCUT2D eigenvalue weighted by molar-refractivity contribution is 7.84. The van der Waals surface area contributed by atoms with Crippen molar-refractivity contribution in [2.24, 2.45) is 5.92 Å². The minimum Gasteiger partial charge on any atom is -0.438 e. The summed E-state index contributed by atoms with van der Waals surface area (Å²) in [5.41, 5.74) is 1.17. The lowest BCUT2D eigenvalue weighted by atomic mass is 9.85. The van der Waals surface area contributed by atoms with Crippen molar-refractivity contribution >= 4 is 22.6 Å². The number of rotatable bonds is 8. The number of aromatic nitrogens is 2. The molecule has 0 radical (unpaired) electrons. The first-order valence-corrected chi connectivity index (χ1v) is 13.1. The van der Waals surface area contributed by atoms with Crippen LogP contribution in [0.5, 0.6) is 11.6 Å². The van der Waals surface area contributed by atoms with Crippen LogP contribution in [0.1, 0.15) is 41.7 Å². The zero-order chi connectivity index (χ0) is 24.6. The Morgan fingerprint density at radius 1 is 0.971 bits per heavy atom. The maximum atomic E-state index is 13.0. The SMILES string of the molecule is CS(=O)c1ccc(Oc2ncccc2C(=O)NC2CCC(C(=O)NCc3ccccn3)CC2)cc1. The van der Waals surface area contributed by atoms with Crippen LogP contribution in [0.4, 0.5) is 0 Å². The molecular weight excluding hydrogens is 464 g/mol. The van der Waals surface area contributed by atoms with E-state index < -0.39 is 10.8 Å². The number of carbonyl (C=O) groups is 2. The summed E-state index contributed by atoms with van der Waals surface area (Å²) < 4.78 is 17.4. The number of nitrogens with one attached hydrogen (secondary N) is 2. The van der Waals surface area contributed by atoms with E-state index in [1.165, 1.54) is 0 Å². The van der Waals surface area contributed by atoms with E-state index in [2.05, 4.69) is 20.6 Å². The molecule has 2 N–H and O–H groups in total. The summed E-state index contributed by atoms with van der Waals surface area (Å²) in [6.45, 7) is 0.416. The Balaban J connectivity index is 1.29. The first-order chi connectivity index (χ1) is 17.0. The summed E-state index contributed by atoms with van der Waals surface area (Å²) in [5.74, 6) is 0.412. The summed E-state index contributed by atoms with van der Waals surface area (Å²) >= 11 is 0. The molecule has 4 rings (SSSR count). The van der Waals surface area contributed by atoms with E-state index in [1.807, 2.05) is 18.2 Å². The van der Waals surface area contributed by atoms with Gasteiger partial charge in [0.05, 0.1) is 12.2 Å². The molecule has 2 aromatic heterocycles. The predicted molar refractivity (Wildman–Crippen MR) is 132 cm³/mol. The summed E-state index contributed by atoms with van der Waals surface area (Å²) in [7, 11) is -1.08. The van der Waals surface area contributed by atoms with E-state index in [-0.39, 0.29) is 29.7 Å². The highest BCUT2D eigenvalue weighted by Crippen LogP contribution is 2.27. The standard InChI is InChI=1S/C26H28N4O4S/c1-35(33)22-13-11-21(12-14-22)34-26-23(6-4-16-28-26)25(32)30-19-9-7-18(8-10-19)24(31)29-17-20-5-2-3-15-27-20/h2-6,11-16,18-19H,7-10,17H2,1H3,(H,29,31)(H,30,32). The number of carbonyl (C=O) groups excluding carboxylic acids is 2. The van der Waals surface area contributed by atoms with Gasteiger partial charge in [0, 0.05) is 46.3 Å². The number of amides is 2. The quantitative estimate of drug-likeness (QED) is 0.497. The molecule has 1 aliphatic rings. The van der Waals surface area contributed by atoms with Gasteiger partial charge in [-0.15, -0.1) is 0 Å². The summed E-state index contributed by atoms with van der Waals surface area (Å²) in [4.78, 5) is 34.7. The number of nitrogens with zero attached hydrogens (tertiary/aromatic N) is 2. The van der Waals surface area contributed by atoms with Crippen LogP contribution in [0.2, 0.25) is 0 Å². The zero-order valence-corrected chi connectivity index (χ0v) is 20.3. The number of pyridine rings is 2. The van der Waals surface area contributed by atoms with Crippen LogP contribution >= 0.6 is 0 Å². The molecule has 0 spiro atoms. The molecule has 0 aliphatic heterocycles. The summed E-state index contributed by atoms with van der Waals surface area (Å²) in [5, 5.41) is 6.02. The molecule has 3 aromatic rings. The van der Waals surface area contributed by atoms with Crippen molar-refractivity contribution in [1.29, 1.82) is 0 Å². The molecule has 1 fully saturated rings. The third-order valence-electron chi connectivity index (χ3n) is 5.99. The van der Waals surface area contributed by atoms with E-state index in [0.717, 1.165) is 18.5 Å². The van der Waals surface area contributed by atoms with E-state index >= 15 is 0 Å². The van der Waals surface area contributed by atoms with Crippen molar-refractivity contribution in [3.05, 3.63) is 78.2 Å². The monoisotopic (exact) mass is 492 g/mol. The van der Waals surface area contributed by atoms with Gasteiger partial charge in [-0.2, -0.15) is 0 Å². The van der Waals surface area contributed by atoms with Crippen molar-refractivity contribution in [3.63, 3.8) is 0 Å². The van der Waals surface area contributed by atoms with Gasteiger partial charge in [-0.05, 0) is 74.2 Å². The van der Waals surface area contributed by atoms with Crippen molar-refractivity contribution in [2.75, 3.05) is 6.26 Å². The third kappa shape index (κ3) is 6.73. The summed E-state index contributed by atoms with van der Waals surface area (Å²) in [6, 6.07) is 15.8. The van der Waals surface area contributed by atoms with Crippen LogP contribution in [0.3, 0.4) is 0 Å². The Morgan fingerprint density at radius 3 is 2.40 bits per heavy atom. The number of ether oxygens (including phenoxy) is 1. The molecule has 1 aromatic carbocycles. The molecular formula is C26H28N4O4S. The molecule has 182 valence electrons. The van der Waals surface area contributed by atoms with Gasteiger partial charge >= 0.3 is 0 Å². The van der Waals surface area contributed by atoms with Gasteiger partial charge in [-0.3, -0.25) is 18.8 Å². The fourth-order valence-electron chi connectivity index (χ4n) is 4.04. The Kier molecular flexibility index (Phi) is 8.20. The first kappa shape index (κ1) is 24.5. The van der Waals surface area contributed by atoms with Crippen molar-refractivity contribution < 1.29 is 18.5 Å². The van der Waals surface area contributed by atoms with Gasteiger partial charge in [0.15, 0.2) is 0 Å². The van der Waals surface area contributed by atoms with E-state index in [1.54, 1.807) is 55.0 Å². The molecule has 2 heterocycles. The second-order valence-electron chi connectivity index (χ2n) is 8.44. The molecule has 1 saturated carbocycles. The van der Waals surface area contributed by atoms with Crippen LogP contribution in [0, 0.1) is 5.92 Å². The maximum Gasteiger partial charge on any atom is 0.257 e. The molecule has 35 heavy (non-hydrogen) atoms. The van der Waals surface area contributed by atoms with Gasteiger partial charge in [0.25, 0.3) is 5.91 Å². The van der Waals surface area contributed by atoms with E-state index in [4.69, 9.17) is 4.74 Å². The first-order valence-electron chi connectivity index (χ1n) is 11.5. The molecule has 1 unspecified atom stereocenters. The second kappa shape index (κ2) is 11.7. The molecule has 9 heteroatoms. The van der Waals surface area contributed by atoms with Gasteiger partial charge in [-0.1, -0.05) is 6.07 Å². The second-order valence-corrected chi connectivity index (χ2v) is 9.82. The van der Waals surface area contributed by atoms with E-state index in [0.29, 0.717) is 35.6 Å². The summed E-state index contributed by atoms with van der Waals surface area (Å²) in [6.07, 6.45) is 7.75. The predicted octanol–water partition coefficient (Wildman–Crippen LogP) is 3.61. The largest absolute Gasteiger partial charge is 0.438 e. The lowest BCUT2D eigenvalue weighted by Gasteiger charge is -2.28. The molecule has 0 bridgehead atoms. The molecule has 8 nitrogen and oxygen atoms in total. The van der Waals surface area contributed by atoms with Crippen molar-refractivity contribution in [2.45, 2.75) is 43.2 Å². The van der Waals surface area contributed by atoms with Gasteiger partial charge in [0.2, 0.25) is 11.8 Å². The normalized spacial score (nSPS) is 18.3. The average Bonchev–Trinajstić information content (AvgIpc) is 2.89. The Bertz CT molecular complexity index is 1180. The van der Waals surface area contributed by atoms with E-state index in [9.17, 15) is 13.8 Å². The Labute approximate surface area is 207 Å². The lowest BCUT2D eigenvalue weighted by Crippen LogP contribution is -2.41. The topological polar surface area (TPSA) is 110 Å². The average molecular weight is 493 g/mol. The van der Waals surface area contributed by atoms with Crippen LogP contribution < -0.4 is 15.4 Å². The third-order valence-corrected chi connectivity index (χ3v) is 6.93. The Morgan fingerprint density at radius 2 is 1.71 bits per heavy atom. The number of hydrogen-bond acceptors (Lipinski definition) is 6. The van der Waals surface area contributed by atoms with Crippen LogP contribution in [-0.4, -0.2) is 38.3 Å². The highest BCUT2D eigenvalue weighted by Gasteiger charge is 2.28. The lowest BCUT2D eigenvalue weighted by molar-refractivity contribution is -0.126. The van der Waals surface area contributed by atoms with Crippen LogP contribution in [-0.2, 0) is 22.1 Å². The van der Waals surface area contributed by atoms with Crippen molar-refractivity contribution in [1.82, 2.24) is 20.6 Å². The zero-order valence-electron chi connectivity index (χ0n) is 19.5. The minimum absolute atomic E-state index is 0.0192. The van der Waals surface area contributed by atoms with Crippen molar-refractivity contribution in [3.8, 4) is 11.6 Å². The Hall–Kier alpha value is -3.59. The fourth-order valence-corrected chi connectivity index (χ4v) is 4.56. The fraction of sp³-hybridized carbons (Fsp3) is 0.308. The number of hydrogen-bond donors (Lipinski definition) is 2. The molecule has 1 atom stereocenters. The maximum absolute atomic E-state index is 13.0. The van der Waals surface area contributed by atoms with Crippen LogP contribution in [0.15, 0.2) is 71.9 Å².